The standard InChI is InChI=1S/C21H31N3O3/c1-27-20(25)18-6-8-19(9-7-18)22-21(26)24-14-10-17(11-15-24)16-23-12-4-2-3-5-13-23/h6-9,17H,2-5,10-16H2,1H3,(H,22,26). The molecule has 2 heterocycles. The Bertz CT molecular complexity index is 616. The van der Waals surface area contributed by atoms with Crippen LogP contribution < -0.4 is 5.32 Å². The molecule has 6 nitrogen and oxygen atoms in total. The fourth-order valence-electron chi connectivity index (χ4n) is 4.01. The minimum Gasteiger partial charge on any atom is -0.465 e. The molecule has 0 aliphatic carbocycles. The van der Waals surface area contributed by atoms with E-state index in [4.69, 9.17) is 0 Å². The summed E-state index contributed by atoms with van der Waals surface area (Å²) in [6.07, 6.45) is 7.55. The lowest BCUT2D eigenvalue weighted by Gasteiger charge is -2.34. The summed E-state index contributed by atoms with van der Waals surface area (Å²) in [7, 11) is 1.36. The van der Waals surface area contributed by atoms with E-state index in [2.05, 4.69) is 15.0 Å². The van der Waals surface area contributed by atoms with Crippen LogP contribution in [0.2, 0.25) is 0 Å². The Morgan fingerprint density at radius 3 is 2.22 bits per heavy atom. The van der Waals surface area contributed by atoms with Gasteiger partial charge in [0.05, 0.1) is 12.7 Å². The summed E-state index contributed by atoms with van der Waals surface area (Å²) < 4.78 is 4.69. The molecule has 1 aromatic carbocycles. The average Bonchev–Trinajstić information content (AvgIpc) is 2.97. The van der Waals surface area contributed by atoms with Crippen molar-refractivity contribution in [3.8, 4) is 0 Å². The SMILES string of the molecule is COC(=O)c1ccc(NC(=O)N2CCC(CN3CCCCCC3)CC2)cc1. The summed E-state index contributed by atoms with van der Waals surface area (Å²) in [4.78, 5) is 28.5. The maximum atomic E-state index is 12.5. The summed E-state index contributed by atoms with van der Waals surface area (Å²) in [6.45, 7) is 5.28. The number of esters is 1. The van der Waals surface area contributed by atoms with E-state index in [1.807, 2.05) is 4.90 Å². The van der Waals surface area contributed by atoms with Crippen molar-refractivity contribution >= 4 is 17.7 Å². The van der Waals surface area contributed by atoms with Gasteiger partial charge in [-0.15, -0.1) is 0 Å². The van der Waals surface area contributed by atoms with E-state index in [1.54, 1.807) is 24.3 Å². The van der Waals surface area contributed by atoms with Crippen LogP contribution in [0.5, 0.6) is 0 Å². The zero-order chi connectivity index (χ0) is 19.1. The predicted molar refractivity (Wildman–Crippen MR) is 106 cm³/mol. The number of anilines is 1. The lowest BCUT2D eigenvalue weighted by Crippen LogP contribution is -2.43. The fraction of sp³-hybridized carbons (Fsp3) is 0.619. The Hall–Kier alpha value is -2.08. The van der Waals surface area contributed by atoms with Gasteiger partial charge in [-0.05, 0) is 69.0 Å². The Labute approximate surface area is 161 Å². The van der Waals surface area contributed by atoms with Crippen LogP contribution in [-0.4, -0.2) is 61.6 Å². The average molecular weight is 373 g/mol. The number of ether oxygens (including phenoxy) is 1. The van der Waals surface area contributed by atoms with Crippen molar-refractivity contribution in [2.75, 3.05) is 45.2 Å². The topological polar surface area (TPSA) is 61.9 Å². The van der Waals surface area contributed by atoms with Crippen LogP contribution in [0.15, 0.2) is 24.3 Å². The largest absolute Gasteiger partial charge is 0.465 e. The smallest absolute Gasteiger partial charge is 0.337 e. The lowest BCUT2D eigenvalue weighted by atomic mass is 9.96. The number of likely N-dealkylation sites (tertiary alicyclic amines) is 2. The van der Waals surface area contributed by atoms with Crippen LogP contribution in [-0.2, 0) is 4.74 Å². The van der Waals surface area contributed by atoms with Gasteiger partial charge in [0.15, 0.2) is 0 Å². The molecule has 3 rings (SSSR count). The van der Waals surface area contributed by atoms with Gasteiger partial charge in [0.2, 0.25) is 0 Å². The third-order valence-electron chi connectivity index (χ3n) is 5.67. The molecule has 0 bridgehead atoms. The van der Waals surface area contributed by atoms with Gasteiger partial charge in [0.25, 0.3) is 0 Å². The lowest BCUT2D eigenvalue weighted by molar-refractivity contribution is 0.0600. The van der Waals surface area contributed by atoms with E-state index in [9.17, 15) is 9.59 Å². The van der Waals surface area contributed by atoms with Crippen molar-refractivity contribution in [1.29, 1.82) is 0 Å². The zero-order valence-corrected chi connectivity index (χ0v) is 16.3. The molecule has 27 heavy (non-hydrogen) atoms. The van der Waals surface area contributed by atoms with Crippen molar-refractivity contribution < 1.29 is 14.3 Å². The van der Waals surface area contributed by atoms with Crippen molar-refractivity contribution in [3.05, 3.63) is 29.8 Å². The molecule has 0 atom stereocenters. The first-order valence-corrected chi connectivity index (χ1v) is 10.1. The molecule has 1 aromatic rings. The van der Waals surface area contributed by atoms with Crippen molar-refractivity contribution in [2.45, 2.75) is 38.5 Å². The first-order valence-electron chi connectivity index (χ1n) is 10.1. The van der Waals surface area contributed by atoms with Crippen LogP contribution in [0.4, 0.5) is 10.5 Å². The van der Waals surface area contributed by atoms with E-state index in [-0.39, 0.29) is 12.0 Å². The number of piperidine rings is 1. The molecule has 0 unspecified atom stereocenters. The number of rotatable bonds is 4. The van der Waals surface area contributed by atoms with Gasteiger partial charge < -0.3 is 19.9 Å². The molecule has 0 aromatic heterocycles. The fourth-order valence-corrected chi connectivity index (χ4v) is 4.01. The summed E-state index contributed by atoms with van der Waals surface area (Å²) in [5, 5.41) is 2.92. The molecule has 6 heteroatoms. The molecule has 2 saturated heterocycles. The second kappa shape index (κ2) is 9.74. The molecule has 2 aliphatic rings. The van der Waals surface area contributed by atoms with Gasteiger partial charge in [0.1, 0.15) is 0 Å². The van der Waals surface area contributed by atoms with Gasteiger partial charge in [-0.25, -0.2) is 9.59 Å². The first-order chi connectivity index (χ1) is 13.2. The highest BCUT2D eigenvalue weighted by molar-refractivity contribution is 5.92. The molecule has 2 amide bonds. The minimum absolute atomic E-state index is 0.0611. The van der Waals surface area contributed by atoms with E-state index >= 15 is 0 Å². The number of nitrogens with zero attached hydrogens (tertiary/aromatic N) is 2. The first kappa shape index (κ1) is 19.7. The van der Waals surface area contributed by atoms with Gasteiger partial charge in [0, 0.05) is 25.3 Å². The van der Waals surface area contributed by atoms with Crippen molar-refractivity contribution in [3.63, 3.8) is 0 Å². The maximum absolute atomic E-state index is 12.5. The molecule has 0 radical (unpaired) electrons. The number of amides is 2. The van der Waals surface area contributed by atoms with Crippen LogP contribution in [0.3, 0.4) is 0 Å². The van der Waals surface area contributed by atoms with Gasteiger partial charge in [-0.2, -0.15) is 0 Å². The summed E-state index contributed by atoms with van der Waals surface area (Å²) in [5.41, 5.74) is 1.17. The molecule has 2 aliphatic heterocycles. The Kier molecular flexibility index (Phi) is 7.10. The molecular formula is C21H31N3O3. The Balaban J connectivity index is 1.43. The van der Waals surface area contributed by atoms with Crippen LogP contribution in [0, 0.1) is 5.92 Å². The third kappa shape index (κ3) is 5.70. The number of hydrogen-bond acceptors (Lipinski definition) is 4. The highest BCUT2D eigenvalue weighted by atomic mass is 16.5. The molecule has 0 spiro atoms. The Morgan fingerprint density at radius 1 is 1.00 bits per heavy atom. The van der Waals surface area contributed by atoms with Crippen LogP contribution >= 0.6 is 0 Å². The quantitative estimate of drug-likeness (QED) is 0.819. The summed E-state index contributed by atoms with van der Waals surface area (Å²) in [6, 6.07) is 6.73. The predicted octanol–water partition coefficient (Wildman–Crippen LogP) is 3.59. The highest BCUT2D eigenvalue weighted by Crippen LogP contribution is 2.21. The van der Waals surface area contributed by atoms with Gasteiger partial charge in [-0.1, -0.05) is 12.8 Å². The summed E-state index contributed by atoms with van der Waals surface area (Å²) >= 11 is 0. The Morgan fingerprint density at radius 2 is 1.63 bits per heavy atom. The normalized spacial score (nSPS) is 19.4. The van der Waals surface area contributed by atoms with E-state index in [0.29, 0.717) is 17.2 Å². The number of benzene rings is 1. The third-order valence-corrected chi connectivity index (χ3v) is 5.67. The van der Waals surface area contributed by atoms with E-state index in [1.165, 1.54) is 52.4 Å². The molecular weight excluding hydrogens is 342 g/mol. The maximum Gasteiger partial charge on any atom is 0.337 e. The number of carbonyl (C=O) groups is 2. The number of hydrogen-bond donors (Lipinski definition) is 1. The monoisotopic (exact) mass is 373 g/mol. The molecule has 0 saturated carbocycles. The van der Waals surface area contributed by atoms with Gasteiger partial charge in [-0.3, -0.25) is 0 Å². The number of urea groups is 1. The molecule has 148 valence electrons. The van der Waals surface area contributed by atoms with Crippen molar-refractivity contribution in [2.24, 2.45) is 5.92 Å². The number of methoxy groups -OCH3 is 1. The van der Waals surface area contributed by atoms with Gasteiger partial charge >= 0.3 is 12.0 Å². The second-order valence-corrected chi connectivity index (χ2v) is 7.64. The van der Waals surface area contributed by atoms with E-state index < -0.39 is 0 Å². The molecule has 2 fully saturated rings. The van der Waals surface area contributed by atoms with E-state index in [0.717, 1.165) is 25.9 Å². The highest BCUT2D eigenvalue weighted by Gasteiger charge is 2.24. The van der Waals surface area contributed by atoms with Crippen LogP contribution in [0.1, 0.15) is 48.9 Å². The number of nitrogens with one attached hydrogen (secondary N) is 1. The minimum atomic E-state index is -0.376. The van der Waals surface area contributed by atoms with Crippen LogP contribution in [0.25, 0.3) is 0 Å². The van der Waals surface area contributed by atoms with Crippen molar-refractivity contribution in [1.82, 2.24) is 9.80 Å². The zero-order valence-electron chi connectivity index (χ0n) is 16.3. The second-order valence-electron chi connectivity index (χ2n) is 7.64. The molecule has 1 N–H and O–H groups in total. The number of carbonyl (C=O) groups excluding carboxylic acids is 2. The summed E-state index contributed by atoms with van der Waals surface area (Å²) in [5.74, 6) is 0.325.